The highest BCUT2D eigenvalue weighted by Gasteiger charge is 2.24. The van der Waals surface area contributed by atoms with E-state index in [1.165, 1.54) is 10.6 Å². The molecule has 2 heterocycles. The molecule has 1 aromatic heterocycles. The van der Waals surface area contributed by atoms with E-state index in [2.05, 4.69) is 9.97 Å². The molecule has 100 valence electrons. The fourth-order valence-corrected chi connectivity index (χ4v) is 2.92. The van der Waals surface area contributed by atoms with Crippen molar-refractivity contribution < 1.29 is 8.42 Å². The zero-order chi connectivity index (χ0) is 13.3. The first-order chi connectivity index (χ1) is 8.38. The number of aryl methyl sites for hydroxylation is 1. The fourth-order valence-electron chi connectivity index (χ4n) is 1.96. The molecule has 1 aliphatic heterocycles. The molecule has 18 heavy (non-hydrogen) atoms. The predicted octanol–water partition coefficient (Wildman–Crippen LogP) is 0.520. The Bertz CT molecular complexity index is 541. The Morgan fingerprint density at radius 3 is 2.44 bits per heavy atom. The SMILES string of the molecule is Cc1cnc(Cl)nc1N1CCN(S(C)(=O)=O)CC1. The van der Waals surface area contributed by atoms with Gasteiger partial charge in [0.05, 0.1) is 6.26 Å². The Balaban J connectivity index is 2.12. The number of nitrogens with zero attached hydrogens (tertiary/aromatic N) is 4. The minimum absolute atomic E-state index is 0.209. The van der Waals surface area contributed by atoms with Crippen molar-refractivity contribution in [1.82, 2.24) is 14.3 Å². The molecule has 0 N–H and O–H groups in total. The van der Waals surface area contributed by atoms with E-state index in [-0.39, 0.29) is 5.28 Å². The summed E-state index contributed by atoms with van der Waals surface area (Å²) in [5, 5.41) is 0.209. The van der Waals surface area contributed by atoms with Crippen LogP contribution in [0.1, 0.15) is 5.56 Å². The van der Waals surface area contributed by atoms with Gasteiger partial charge in [0.25, 0.3) is 0 Å². The molecule has 0 amide bonds. The molecule has 0 spiro atoms. The molecule has 1 aromatic rings. The smallest absolute Gasteiger partial charge is 0.224 e. The summed E-state index contributed by atoms with van der Waals surface area (Å²) in [6, 6.07) is 0. The molecule has 0 saturated carbocycles. The average Bonchev–Trinajstić information content (AvgIpc) is 2.31. The highest BCUT2D eigenvalue weighted by atomic mass is 35.5. The van der Waals surface area contributed by atoms with E-state index >= 15 is 0 Å². The maximum Gasteiger partial charge on any atom is 0.224 e. The first-order valence-corrected chi connectivity index (χ1v) is 7.80. The van der Waals surface area contributed by atoms with Gasteiger partial charge in [-0.2, -0.15) is 4.31 Å². The van der Waals surface area contributed by atoms with Crippen LogP contribution in [0.15, 0.2) is 6.20 Å². The van der Waals surface area contributed by atoms with Crippen molar-refractivity contribution in [2.75, 3.05) is 37.3 Å². The van der Waals surface area contributed by atoms with Crippen LogP contribution in [0.4, 0.5) is 5.82 Å². The third-order valence-electron chi connectivity index (χ3n) is 2.92. The molecular weight excluding hydrogens is 276 g/mol. The van der Waals surface area contributed by atoms with E-state index in [4.69, 9.17) is 11.6 Å². The van der Waals surface area contributed by atoms with E-state index in [1.807, 2.05) is 11.8 Å². The Labute approximate surface area is 112 Å². The molecule has 1 fully saturated rings. The first kappa shape index (κ1) is 13.5. The second-order valence-electron chi connectivity index (χ2n) is 4.29. The Morgan fingerprint density at radius 2 is 1.89 bits per heavy atom. The Hall–Kier alpha value is -0.920. The van der Waals surface area contributed by atoms with Crippen molar-refractivity contribution in [2.24, 2.45) is 0 Å². The second-order valence-corrected chi connectivity index (χ2v) is 6.62. The number of piperazine rings is 1. The number of anilines is 1. The highest BCUT2D eigenvalue weighted by Crippen LogP contribution is 2.20. The van der Waals surface area contributed by atoms with E-state index in [1.54, 1.807) is 6.20 Å². The van der Waals surface area contributed by atoms with Crippen LogP contribution in [0.2, 0.25) is 5.28 Å². The van der Waals surface area contributed by atoms with Gasteiger partial charge >= 0.3 is 0 Å². The molecule has 0 unspecified atom stereocenters. The zero-order valence-electron chi connectivity index (χ0n) is 10.3. The van der Waals surface area contributed by atoms with Crippen molar-refractivity contribution in [3.8, 4) is 0 Å². The van der Waals surface area contributed by atoms with Crippen LogP contribution in [0, 0.1) is 6.92 Å². The standard InChI is InChI=1S/C10H15ClN4O2S/c1-8-7-12-10(11)13-9(8)14-3-5-15(6-4-14)18(2,16)17/h7H,3-6H2,1-2H3. The molecule has 0 radical (unpaired) electrons. The van der Waals surface area contributed by atoms with Crippen LogP contribution in [-0.4, -0.2) is 55.1 Å². The van der Waals surface area contributed by atoms with Crippen LogP contribution >= 0.6 is 11.6 Å². The summed E-state index contributed by atoms with van der Waals surface area (Å²) < 4.78 is 24.3. The Kier molecular flexibility index (Phi) is 3.74. The molecular formula is C10H15ClN4O2S. The highest BCUT2D eigenvalue weighted by molar-refractivity contribution is 7.88. The van der Waals surface area contributed by atoms with E-state index in [9.17, 15) is 8.42 Å². The van der Waals surface area contributed by atoms with Gasteiger partial charge in [-0.3, -0.25) is 0 Å². The molecule has 0 atom stereocenters. The van der Waals surface area contributed by atoms with Gasteiger partial charge in [-0.15, -0.1) is 0 Å². The third kappa shape index (κ3) is 2.90. The average molecular weight is 291 g/mol. The Morgan fingerprint density at radius 1 is 1.28 bits per heavy atom. The van der Waals surface area contributed by atoms with Gasteiger partial charge in [0.1, 0.15) is 5.82 Å². The fraction of sp³-hybridized carbons (Fsp3) is 0.600. The molecule has 1 saturated heterocycles. The van der Waals surface area contributed by atoms with Crippen LogP contribution in [0.3, 0.4) is 0 Å². The summed E-state index contributed by atoms with van der Waals surface area (Å²) in [7, 11) is -3.10. The van der Waals surface area contributed by atoms with Crippen LogP contribution in [0.25, 0.3) is 0 Å². The van der Waals surface area contributed by atoms with E-state index in [0.717, 1.165) is 11.4 Å². The van der Waals surface area contributed by atoms with Crippen LogP contribution in [0.5, 0.6) is 0 Å². The minimum Gasteiger partial charge on any atom is -0.354 e. The van der Waals surface area contributed by atoms with Crippen molar-refractivity contribution in [2.45, 2.75) is 6.92 Å². The minimum atomic E-state index is -3.10. The molecule has 6 nitrogen and oxygen atoms in total. The molecule has 8 heteroatoms. The molecule has 0 bridgehead atoms. The maximum atomic E-state index is 11.4. The number of rotatable bonds is 2. The van der Waals surface area contributed by atoms with E-state index < -0.39 is 10.0 Å². The summed E-state index contributed by atoms with van der Waals surface area (Å²) in [6.07, 6.45) is 2.91. The third-order valence-corrected chi connectivity index (χ3v) is 4.41. The van der Waals surface area contributed by atoms with Crippen molar-refractivity contribution >= 4 is 27.4 Å². The summed E-state index contributed by atoms with van der Waals surface area (Å²) >= 11 is 5.78. The lowest BCUT2D eigenvalue weighted by Gasteiger charge is -2.34. The van der Waals surface area contributed by atoms with Gasteiger partial charge in [-0.05, 0) is 18.5 Å². The summed E-state index contributed by atoms with van der Waals surface area (Å²) in [6.45, 7) is 4.08. The summed E-state index contributed by atoms with van der Waals surface area (Å²) in [5.41, 5.74) is 0.937. The maximum absolute atomic E-state index is 11.4. The number of sulfonamides is 1. The first-order valence-electron chi connectivity index (χ1n) is 5.57. The normalized spacial score (nSPS) is 18.1. The van der Waals surface area contributed by atoms with Crippen molar-refractivity contribution in [1.29, 1.82) is 0 Å². The molecule has 0 aliphatic carbocycles. The quantitative estimate of drug-likeness (QED) is 0.743. The lowest BCUT2D eigenvalue weighted by molar-refractivity contribution is 0.386. The van der Waals surface area contributed by atoms with Crippen molar-refractivity contribution in [3.63, 3.8) is 0 Å². The molecule has 0 aromatic carbocycles. The predicted molar refractivity (Wildman–Crippen MR) is 70.4 cm³/mol. The number of halogens is 1. The lowest BCUT2D eigenvalue weighted by atomic mass is 10.3. The largest absolute Gasteiger partial charge is 0.354 e. The van der Waals surface area contributed by atoms with Gasteiger partial charge in [0.15, 0.2) is 0 Å². The van der Waals surface area contributed by atoms with E-state index in [0.29, 0.717) is 26.2 Å². The van der Waals surface area contributed by atoms with Gasteiger partial charge in [-0.25, -0.2) is 18.4 Å². The monoisotopic (exact) mass is 290 g/mol. The zero-order valence-corrected chi connectivity index (χ0v) is 11.9. The number of hydrogen-bond acceptors (Lipinski definition) is 5. The number of hydrogen-bond donors (Lipinski definition) is 0. The van der Waals surface area contributed by atoms with Gasteiger partial charge in [0.2, 0.25) is 15.3 Å². The van der Waals surface area contributed by atoms with Crippen molar-refractivity contribution in [3.05, 3.63) is 17.0 Å². The van der Waals surface area contributed by atoms with Gasteiger partial charge < -0.3 is 4.90 Å². The second kappa shape index (κ2) is 4.99. The molecule has 2 rings (SSSR count). The van der Waals surface area contributed by atoms with Gasteiger partial charge in [0, 0.05) is 37.9 Å². The van der Waals surface area contributed by atoms with Crippen LogP contribution < -0.4 is 4.90 Å². The van der Waals surface area contributed by atoms with Gasteiger partial charge in [-0.1, -0.05) is 0 Å². The molecule has 1 aliphatic rings. The topological polar surface area (TPSA) is 66.4 Å². The summed E-state index contributed by atoms with van der Waals surface area (Å²) in [5.74, 6) is 0.781. The lowest BCUT2D eigenvalue weighted by Crippen LogP contribution is -2.48. The number of aromatic nitrogens is 2. The van der Waals surface area contributed by atoms with Crippen LogP contribution in [-0.2, 0) is 10.0 Å². The summed E-state index contributed by atoms with van der Waals surface area (Å²) in [4.78, 5) is 10.1.